The van der Waals surface area contributed by atoms with Crippen molar-refractivity contribution in [3.8, 4) is 0 Å². The average molecular weight is 302 g/mol. The van der Waals surface area contributed by atoms with Crippen molar-refractivity contribution in [3.05, 3.63) is 28.5 Å². The summed E-state index contributed by atoms with van der Waals surface area (Å²) in [6, 6.07) is 5.80. The van der Waals surface area contributed by atoms with E-state index in [2.05, 4.69) is 26.2 Å². The average Bonchev–Trinajstić information content (AvgIpc) is 2.15. The van der Waals surface area contributed by atoms with Crippen molar-refractivity contribution in [1.29, 1.82) is 0 Å². The summed E-state index contributed by atoms with van der Waals surface area (Å²) in [5.74, 6) is 0. The second-order valence-corrected chi connectivity index (χ2v) is 5.60. The van der Waals surface area contributed by atoms with Crippen molar-refractivity contribution < 1.29 is 5.11 Å². The van der Waals surface area contributed by atoms with E-state index in [-0.39, 0.29) is 0 Å². The topological polar surface area (TPSA) is 48.4 Å². The molecule has 0 aliphatic rings. The molecule has 0 aromatic carbocycles. The van der Waals surface area contributed by atoms with Crippen molar-refractivity contribution in [2.75, 3.05) is 27.2 Å². The first-order valence-electron chi connectivity index (χ1n) is 5.58. The minimum absolute atomic E-state index is 0.541. The quantitative estimate of drug-likeness (QED) is 0.777. The lowest BCUT2D eigenvalue weighted by atomic mass is 10.1. The van der Waals surface area contributed by atoms with Crippen LogP contribution in [0, 0.1) is 0 Å². The Balaban J connectivity index is 2.37. The van der Waals surface area contributed by atoms with Crippen molar-refractivity contribution >= 4 is 15.9 Å². The van der Waals surface area contributed by atoms with Crippen LogP contribution in [0.25, 0.3) is 0 Å². The Kier molecular flexibility index (Phi) is 5.52. The summed E-state index contributed by atoms with van der Waals surface area (Å²) in [7, 11) is 3.90. The van der Waals surface area contributed by atoms with Gasteiger partial charge in [-0.05, 0) is 49.1 Å². The van der Waals surface area contributed by atoms with Gasteiger partial charge in [-0.1, -0.05) is 6.07 Å². The Morgan fingerprint density at radius 2 is 2.18 bits per heavy atom. The Bertz CT molecular complexity index is 355. The maximum absolute atomic E-state index is 10.1. The minimum Gasteiger partial charge on any atom is -0.388 e. The second-order valence-electron chi connectivity index (χ2n) is 4.79. The predicted molar refractivity (Wildman–Crippen MR) is 72.8 cm³/mol. The summed E-state index contributed by atoms with van der Waals surface area (Å²) in [4.78, 5) is 6.29. The SMILES string of the molecule is CN(C)CC(C)(O)CNCc1cccc(Br)n1. The highest BCUT2D eigenvalue weighted by molar-refractivity contribution is 9.10. The van der Waals surface area contributed by atoms with E-state index in [4.69, 9.17) is 0 Å². The zero-order chi connectivity index (χ0) is 12.9. The van der Waals surface area contributed by atoms with Gasteiger partial charge in [-0.15, -0.1) is 0 Å². The highest BCUT2D eigenvalue weighted by Crippen LogP contribution is 2.07. The van der Waals surface area contributed by atoms with E-state index in [1.807, 2.05) is 44.1 Å². The summed E-state index contributed by atoms with van der Waals surface area (Å²) in [6.45, 7) is 3.66. The molecule has 1 rings (SSSR count). The van der Waals surface area contributed by atoms with Gasteiger partial charge in [-0.2, -0.15) is 0 Å². The molecule has 0 bridgehead atoms. The minimum atomic E-state index is -0.727. The Morgan fingerprint density at radius 3 is 2.76 bits per heavy atom. The summed E-state index contributed by atoms with van der Waals surface area (Å²) < 4.78 is 0.830. The first kappa shape index (κ1) is 14.6. The number of likely N-dealkylation sites (N-methyl/N-ethyl adjacent to an activating group) is 1. The van der Waals surface area contributed by atoms with Gasteiger partial charge in [0.15, 0.2) is 0 Å². The zero-order valence-electron chi connectivity index (χ0n) is 10.6. The zero-order valence-corrected chi connectivity index (χ0v) is 12.2. The maximum Gasteiger partial charge on any atom is 0.106 e. The molecule has 1 atom stereocenters. The summed E-state index contributed by atoms with van der Waals surface area (Å²) >= 11 is 3.33. The molecule has 1 aromatic rings. The third-order valence-corrected chi connectivity index (χ3v) is 2.68. The van der Waals surface area contributed by atoms with Gasteiger partial charge < -0.3 is 15.3 Å². The number of hydrogen-bond acceptors (Lipinski definition) is 4. The fourth-order valence-electron chi connectivity index (χ4n) is 1.75. The van der Waals surface area contributed by atoms with Crippen LogP contribution in [0.2, 0.25) is 0 Å². The predicted octanol–water partition coefficient (Wildman–Crippen LogP) is 1.25. The Hall–Kier alpha value is -0.490. The number of halogens is 1. The smallest absolute Gasteiger partial charge is 0.106 e. The molecule has 5 heteroatoms. The molecule has 96 valence electrons. The molecular weight excluding hydrogens is 282 g/mol. The van der Waals surface area contributed by atoms with Crippen LogP contribution in [0.15, 0.2) is 22.8 Å². The Morgan fingerprint density at radius 1 is 1.47 bits per heavy atom. The third kappa shape index (κ3) is 6.12. The van der Waals surface area contributed by atoms with Gasteiger partial charge in [0.25, 0.3) is 0 Å². The standard InChI is InChI=1S/C12H20BrN3O/c1-12(17,9-16(2)3)8-14-7-10-5-4-6-11(13)15-10/h4-6,14,17H,7-9H2,1-3H3. The van der Waals surface area contributed by atoms with Crippen LogP contribution in [-0.2, 0) is 6.54 Å². The second kappa shape index (κ2) is 6.44. The lowest BCUT2D eigenvalue weighted by Crippen LogP contribution is -2.45. The van der Waals surface area contributed by atoms with Crippen LogP contribution in [0.4, 0.5) is 0 Å². The number of hydrogen-bond donors (Lipinski definition) is 2. The number of aliphatic hydroxyl groups is 1. The fourth-order valence-corrected chi connectivity index (χ4v) is 2.13. The molecular formula is C12H20BrN3O. The van der Waals surface area contributed by atoms with Crippen LogP contribution in [0.5, 0.6) is 0 Å². The van der Waals surface area contributed by atoms with Crippen molar-refractivity contribution in [2.45, 2.75) is 19.1 Å². The number of pyridine rings is 1. The Labute approximate surface area is 111 Å². The van der Waals surface area contributed by atoms with Crippen LogP contribution in [-0.4, -0.2) is 47.8 Å². The molecule has 0 fully saturated rings. The molecule has 0 spiro atoms. The van der Waals surface area contributed by atoms with Crippen LogP contribution < -0.4 is 5.32 Å². The lowest BCUT2D eigenvalue weighted by Gasteiger charge is -2.27. The number of rotatable bonds is 6. The fraction of sp³-hybridized carbons (Fsp3) is 0.583. The van der Waals surface area contributed by atoms with Gasteiger partial charge >= 0.3 is 0 Å². The lowest BCUT2D eigenvalue weighted by molar-refractivity contribution is 0.0335. The molecule has 17 heavy (non-hydrogen) atoms. The highest BCUT2D eigenvalue weighted by Gasteiger charge is 2.20. The summed E-state index contributed by atoms with van der Waals surface area (Å²) in [6.07, 6.45) is 0. The van der Waals surface area contributed by atoms with Gasteiger partial charge in [0.2, 0.25) is 0 Å². The van der Waals surface area contributed by atoms with Crippen LogP contribution >= 0.6 is 15.9 Å². The molecule has 2 N–H and O–H groups in total. The van der Waals surface area contributed by atoms with Crippen molar-refractivity contribution in [3.63, 3.8) is 0 Å². The first-order chi connectivity index (χ1) is 7.89. The van der Waals surface area contributed by atoms with E-state index >= 15 is 0 Å². The molecule has 1 aromatic heterocycles. The van der Waals surface area contributed by atoms with Gasteiger partial charge in [-0.3, -0.25) is 0 Å². The van der Waals surface area contributed by atoms with E-state index in [0.29, 0.717) is 19.6 Å². The molecule has 0 saturated carbocycles. The molecule has 0 saturated heterocycles. The van der Waals surface area contributed by atoms with Crippen molar-refractivity contribution in [1.82, 2.24) is 15.2 Å². The van der Waals surface area contributed by atoms with Gasteiger partial charge in [-0.25, -0.2) is 4.98 Å². The molecule has 0 radical (unpaired) electrons. The van der Waals surface area contributed by atoms with Gasteiger partial charge in [0.05, 0.1) is 11.3 Å². The van der Waals surface area contributed by atoms with Crippen molar-refractivity contribution in [2.24, 2.45) is 0 Å². The first-order valence-corrected chi connectivity index (χ1v) is 6.38. The van der Waals surface area contributed by atoms with E-state index in [0.717, 1.165) is 10.3 Å². The number of nitrogens with one attached hydrogen (secondary N) is 1. The molecule has 1 unspecified atom stereocenters. The van der Waals surface area contributed by atoms with Gasteiger partial charge in [0, 0.05) is 19.6 Å². The highest BCUT2D eigenvalue weighted by atomic mass is 79.9. The third-order valence-electron chi connectivity index (χ3n) is 2.24. The summed E-state index contributed by atoms with van der Waals surface area (Å²) in [5, 5.41) is 13.3. The number of nitrogens with zero attached hydrogens (tertiary/aromatic N) is 2. The van der Waals surface area contributed by atoms with Crippen LogP contribution in [0.1, 0.15) is 12.6 Å². The normalized spacial score (nSPS) is 14.9. The van der Waals surface area contributed by atoms with Crippen LogP contribution in [0.3, 0.4) is 0 Å². The molecule has 4 nitrogen and oxygen atoms in total. The molecule has 0 aliphatic heterocycles. The summed E-state index contributed by atoms with van der Waals surface area (Å²) in [5.41, 5.74) is 0.232. The molecule has 0 aliphatic carbocycles. The van der Waals surface area contributed by atoms with E-state index in [1.54, 1.807) is 0 Å². The maximum atomic E-state index is 10.1. The van der Waals surface area contributed by atoms with E-state index in [1.165, 1.54) is 0 Å². The van der Waals surface area contributed by atoms with E-state index < -0.39 is 5.60 Å². The monoisotopic (exact) mass is 301 g/mol. The van der Waals surface area contributed by atoms with Gasteiger partial charge in [0.1, 0.15) is 4.60 Å². The largest absolute Gasteiger partial charge is 0.388 e. The van der Waals surface area contributed by atoms with E-state index in [9.17, 15) is 5.11 Å². The molecule has 0 amide bonds. The molecule has 1 heterocycles. The number of aromatic nitrogens is 1.